The quantitative estimate of drug-likeness (QED) is 0.805. The smallest absolute Gasteiger partial charge is 0.221 e. The van der Waals surface area contributed by atoms with E-state index in [9.17, 15) is 8.42 Å². The zero-order valence-electron chi connectivity index (χ0n) is 9.57. The van der Waals surface area contributed by atoms with Gasteiger partial charge < -0.3 is 9.47 Å². The lowest BCUT2D eigenvalue weighted by molar-refractivity contribution is 0.354. The van der Waals surface area contributed by atoms with Crippen LogP contribution in [0.2, 0.25) is 0 Å². The highest BCUT2D eigenvalue weighted by Crippen LogP contribution is 2.27. The number of alkyl halides is 1. The molecular weight excluding hydrogens is 310 g/mol. The second-order valence-electron chi connectivity index (χ2n) is 3.23. The van der Waals surface area contributed by atoms with Gasteiger partial charge in [-0.05, 0) is 17.7 Å². The first-order valence-corrected chi connectivity index (χ1v) is 7.54. The molecule has 0 unspecified atom stereocenters. The van der Waals surface area contributed by atoms with Crippen molar-refractivity contribution in [3.8, 4) is 11.5 Å². The van der Waals surface area contributed by atoms with E-state index in [1.165, 1.54) is 7.11 Å². The molecule has 1 aromatic rings. The van der Waals surface area contributed by atoms with Crippen LogP contribution in [0.15, 0.2) is 18.2 Å². The molecular formula is C10H14BrNO4S. The second kappa shape index (κ2) is 6.23. The molecule has 0 heterocycles. The lowest BCUT2D eigenvalue weighted by Crippen LogP contribution is -2.23. The van der Waals surface area contributed by atoms with E-state index in [-0.39, 0.29) is 11.2 Å². The Balaban J connectivity index is 2.80. The van der Waals surface area contributed by atoms with Crippen LogP contribution in [0.5, 0.6) is 11.5 Å². The van der Waals surface area contributed by atoms with Gasteiger partial charge in [-0.1, -0.05) is 22.0 Å². The topological polar surface area (TPSA) is 64.6 Å². The van der Waals surface area contributed by atoms with Crippen molar-refractivity contribution in [2.75, 3.05) is 18.9 Å². The number of hydrogen-bond donors (Lipinski definition) is 1. The van der Waals surface area contributed by atoms with E-state index >= 15 is 0 Å². The van der Waals surface area contributed by atoms with Crippen molar-refractivity contribution in [1.82, 2.24) is 4.72 Å². The summed E-state index contributed by atoms with van der Waals surface area (Å²) in [7, 11) is -0.180. The summed E-state index contributed by atoms with van der Waals surface area (Å²) in [4.78, 5) is 0. The lowest BCUT2D eigenvalue weighted by atomic mass is 10.2. The molecule has 7 heteroatoms. The van der Waals surface area contributed by atoms with Gasteiger partial charge >= 0.3 is 0 Å². The number of rotatable bonds is 6. The van der Waals surface area contributed by atoms with E-state index in [4.69, 9.17) is 9.47 Å². The maximum absolute atomic E-state index is 11.2. The number of benzene rings is 1. The third-order valence-electron chi connectivity index (χ3n) is 2.09. The monoisotopic (exact) mass is 323 g/mol. The summed E-state index contributed by atoms with van der Waals surface area (Å²) < 4.78 is 35.0. The highest BCUT2D eigenvalue weighted by molar-refractivity contribution is 9.10. The molecule has 1 N–H and O–H groups in total. The highest BCUT2D eigenvalue weighted by atomic mass is 79.9. The molecule has 0 saturated carbocycles. The molecule has 96 valence electrons. The third kappa shape index (κ3) is 4.18. The van der Waals surface area contributed by atoms with Gasteiger partial charge in [0, 0.05) is 6.54 Å². The van der Waals surface area contributed by atoms with Gasteiger partial charge in [0.15, 0.2) is 11.5 Å². The zero-order valence-corrected chi connectivity index (χ0v) is 12.0. The molecule has 0 bridgehead atoms. The molecule has 0 amide bonds. The fourth-order valence-corrected chi connectivity index (χ4v) is 2.17. The van der Waals surface area contributed by atoms with Gasteiger partial charge in [-0.2, -0.15) is 0 Å². The number of methoxy groups -OCH3 is 2. The molecule has 1 rings (SSSR count). The molecule has 1 aromatic carbocycles. The second-order valence-corrected chi connectivity index (χ2v) is 6.34. The molecule has 0 aliphatic rings. The molecule has 0 aliphatic heterocycles. The first kappa shape index (κ1) is 14.3. The van der Waals surface area contributed by atoms with E-state index in [0.29, 0.717) is 11.5 Å². The Kier molecular flexibility index (Phi) is 5.23. The minimum Gasteiger partial charge on any atom is -0.493 e. The third-order valence-corrected chi connectivity index (χ3v) is 4.77. The van der Waals surface area contributed by atoms with E-state index in [1.54, 1.807) is 25.3 Å². The van der Waals surface area contributed by atoms with Gasteiger partial charge in [0.2, 0.25) is 10.0 Å². The first-order valence-electron chi connectivity index (χ1n) is 4.76. The van der Waals surface area contributed by atoms with Crippen molar-refractivity contribution in [2.24, 2.45) is 0 Å². The average Bonchev–Trinajstić information content (AvgIpc) is 2.36. The van der Waals surface area contributed by atoms with Crippen molar-refractivity contribution in [3.05, 3.63) is 23.8 Å². The standard InChI is InChI=1S/C10H14BrNO4S/c1-15-9-4-3-8(5-10(9)16-2)6-12-17(13,14)7-11/h3-5,12H,6-7H2,1-2H3. The van der Waals surface area contributed by atoms with Crippen molar-refractivity contribution < 1.29 is 17.9 Å². The van der Waals surface area contributed by atoms with Crippen LogP contribution in [0.25, 0.3) is 0 Å². The van der Waals surface area contributed by atoms with Crippen LogP contribution in [-0.2, 0) is 16.6 Å². The number of nitrogens with one attached hydrogen (secondary N) is 1. The van der Waals surface area contributed by atoms with Gasteiger partial charge in [-0.3, -0.25) is 0 Å². The maximum Gasteiger partial charge on any atom is 0.221 e. The molecule has 5 nitrogen and oxygen atoms in total. The molecule has 0 saturated heterocycles. The summed E-state index contributed by atoms with van der Waals surface area (Å²) in [5.74, 6) is 1.18. The van der Waals surface area contributed by atoms with Gasteiger partial charge in [0.05, 0.1) is 14.2 Å². The van der Waals surface area contributed by atoms with E-state index in [2.05, 4.69) is 20.7 Å². The SMILES string of the molecule is COc1ccc(CNS(=O)(=O)CBr)cc1OC. The van der Waals surface area contributed by atoms with Gasteiger partial charge in [-0.15, -0.1) is 0 Å². The Morgan fingerprint density at radius 3 is 2.41 bits per heavy atom. The molecule has 0 atom stereocenters. The minimum absolute atomic E-state index is 0.118. The summed E-state index contributed by atoms with van der Waals surface area (Å²) in [5, 5.41) is 0. The van der Waals surface area contributed by atoms with Gasteiger partial charge in [0.25, 0.3) is 0 Å². The van der Waals surface area contributed by atoms with Crippen LogP contribution < -0.4 is 14.2 Å². The van der Waals surface area contributed by atoms with Crippen molar-refractivity contribution in [2.45, 2.75) is 6.54 Å². The number of sulfonamides is 1. The Morgan fingerprint density at radius 1 is 1.24 bits per heavy atom. The van der Waals surface area contributed by atoms with E-state index < -0.39 is 10.0 Å². The molecule has 0 aliphatic carbocycles. The number of halogens is 1. The van der Waals surface area contributed by atoms with Crippen LogP contribution in [0, 0.1) is 0 Å². The number of hydrogen-bond acceptors (Lipinski definition) is 4. The predicted molar refractivity (Wildman–Crippen MR) is 69.1 cm³/mol. The zero-order chi connectivity index (χ0) is 12.9. The van der Waals surface area contributed by atoms with Crippen molar-refractivity contribution in [1.29, 1.82) is 0 Å². The van der Waals surface area contributed by atoms with Crippen LogP contribution >= 0.6 is 15.9 Å². The van der Waals surface area contributed by atoms with Crippen LogP contribution in [-0.4, -0.2) is 27.3 Å². The number of ether oxygens (including phenoxy) is 2. The Morgan fingerprint density at radius 2 is 1.88 bits per heavy atom. The van der Waals surface area contributed by atoms with E-state index in [1.807, 2.05) is 0 Å². The average molecular weight is 324 g/mol. The van der Waals surface area contributed by atoms with Gasteiger partial charge in [0.1, 0.15) is 4.66 Å². The van der Waals surface area contributed by atoms with Crippen LogP contribution in [0.1, 0.15) is 5.56 Å². The largest absolute Gasteiger partial charge is 0.493 e. The summed E-state index contributed by atoms with van der Waals surface area (Å²) in [6.07, 6.45) is 0. The Labute approximate surface area is 109 Å². The Bertz CT molecular complexity index is 475. The summed E-state index contributed by atoms with van der Waals surface area (Å²) in [6, 6.07) is 5.24. The molecule has 0 spiro atoms. The molecule has 0 fully saturated rings. The fraction of sp³-hybridized carbons (Fsp3) is 0.400. The van der Waals surface area contributed by atoms with Crippen LogP contribution in [0.4, 0.5) is 0 Å². The highest BCUT2D eigenvalue weighted by Gasteiger charge is 2.09. The van der Waals surface area contributed by atoms with Crippen molar-refractivity contribution in [3.63, 3.8) is 0 Å². The predicted octanol–water partition coefficient (Wildman–Crippen LogP) is 1.48. The fourth-order valence-electron chi connectivity index (χ4n) is 1.22. The summed E-state index contributed by atoms with van der Waals surface area (Å²) >= 11 is 2.90. The minimum atomic E-state index is -3.26. The van der Waals surface area contributed by atoms with Crippen LogP contribution in [0.3, 0.4) is 0 Å². The summed E-state index contributed by atoms with van der Waals surface area (Å²) in [6.45, 7) is 0.217. The molecule has 0 radical (unpaired) electrons. The normalized spacial score (nSPS) is 11.2. The maximum atomic E-state index is 11.2. The van der Waals surface area contributed by atoms with Crippen molar-refractivity contribution >= 4 is 26.0 Å². The molecule has 17 heavy (non-hydrogen) atoms. The van der Waals surface area contributed by atoms with E-state index in [0.717, 1.165) is 5.56 Å². The first-order chi connectivity index (χ1) is 8.02. The summed E-state index contributed by atoms with van der Waals surface area (Å²) in [5.41, 5.74) is 0.798. The lowest BCUT2D eigenvalue weighted by Gasteiger charge is -2.10. The molecule has 0 aromatic heterocycles. The Hall–Kier alpha value is -0.790. The van der Waals surface area contributed by atoms with Gasteiger partial charge in [-0.25, -0.2) is 13.1 Å².